The Bertz CT molecular complexity index is 630. The van der Waals surface area contributed by atoms with Crippen LogP contribution in [0.1, 0.15) is 16.8 Å². The highest BCUT2D eigenvalue weighted by atomic mass is 19.1. The summed E-state index contributed by atoms with van der Waals surface area (Å²) in [4.78, 5) is 14.2. The Balaban J connectivity index is 1.68. The number of nitrogens with zero attached hydrogens (tertiary/aromatic N) is 2. The molecule has 104 valence electrons. The van der Waals surface area contributed by atoms with Crippen molar-refractivity contribution in [3.8, 4) is 0 Å². The van der Waals surface area contributed by atoms with Gasteiger partial charge in [0.15, 0.2) is 0 Å². The van der Waals surface area contributed by atoms with Crippen LogP contribution in [0.2, 0.25) is 0 Å². The van der Waals surface area contributed by atoms with Gasteiger partial charge in [0.05, 0.1) is 6.42 Å². The molecule has 0 unspecified atom stereocenters. The van der Waals surface area contributed by atoms with E-state index in [1.54, 1.807) is 12.1 Å². The van der Waals surface area contributed by atoms with Crippen molar-refractivity contribution in [2.24, 2.45) is 7.05 Å². The molecule has 2 heterocycles. The molecule has 0 saturated carbocycles. The van der Waals surface area contributed by atoms with E-state index in [9.17, 15) is 9.18 Å². The third-order valence-electron chi connectivity index (χ3n) is 3.90. The molecule has 0 spiro atoms. The summed E-state index contributed by atoms with van der Waals surface area (Å²) in [7, 11) is 2.04. The van der Waals surface area contributed by atoms with Gasteiger partial charge in [-0.1, -0.05) is 12.1 Å². The summed E-state index contributed by atoms with van der Waals surface area (Å²) >= 11 is 0. The van der Waals surface area contributed by atoms with E-state index in [2.05, 4.69) is 10.6 Å². The first kappa shape index (κ1) is 12.9. The zero-order chi connectivity index (χ0) is 14.1. The van der Waals surface area contributed by atoms with Crippen molar-refractivity contribution in [2.75, 3.05) is 6.54 Å². The Hall–Kier alpha value is -2.10. The van der Waals surface area contributed by atoms with Crippen LogP contribution in [0, 0.1) is 5.82 Å². The number of aromatic nitrogens is 1. The lowest BCUT2D eigenvalue weighted by molar-refractivity contribution is -0.131. The third kappa shape index (κ3) is 2.46. The van der Waals surface area contributed by atoms with Crippen LogP contribution in [0.15, 0.2) is 36.5 Å². The zero-order valence-corrected chi connectivity index (χ0v) is 11.5. The van der Waals surface area contributed by atoms with Gasteiger partial charge < -0.3 is 9.47 Å². The van der Waals surface area contributed by atoms with E-state index in [-0.39, 0.29) is 11.7 Å². The number of amides is 1. The quantitative estimate of drug-likeness (QED) is 0.823. The summed E-state index contributed by atoms with van der Waals surface area (Å²) in [6.07, 6.45) is 3.27. The largest absolute Gasteiger partial charge is 0.354 e. The van der Waals surface area contributed by atoms with Gasteiger partial charge in [-0.05, 0) is 29.3 Å². The van der Waals surface area contributed by atoms with Crippen molar-refractivity contribution in [3.05, 3.63) is 59.2 Å². The third-order valence-corrected chi connectivity index (χ3v) is 3.90. The van der Waals surface area contributed by atoms with Crippen molar-refractivity contribution >= 4 is 5.91 Å². The number of halogens is 1. The molecule has 0 atom stereocenters. The molecule has 0 aliphatic carbocycles. The predicted molar refractivity (Wildman–Crippen MR) is 74.6 cm³/mol. The SMILES string of the molecule is Cn1ccc2c1CCN(C(=O)Cc1ccc(F)cc1)C2. The molecule has 20 heavy (non-hydrogen) atoms. The number of rotatable bonds is 2. The first-order valence-corrected chi connectivity index (χ1v) is 6.79. The molecule has 0 N–H and O–H groups in total. The molecule has 1 aromatic heterocycles. The van der Waals surface area contributed by atoms with E-state index in [1.807, 2.05) is 18.1 Å². The molecule has 1 amide bonds. The van der Waals surface area contributed by atoms with Crippen LogP contribution in [0.3, 0.4) is 0 Å². The second kappa shape index (κ2) is 5.12. The second-order valence-electron chi connectivity index (χ2n) is 5.27. The highest BCUT2D eigenvalue weighted by Crippen LogP contribution is 2.20. The fourth-order valence-electron chi connectivity index (χ4n) is 2.72. The van der Waals surface area contributed by atoms with Crippen LogP contribution < -0.4 is 0 Å². The van der Waals surface area contributed by atoms with Gasteiger partial charge in [-0.3, -0.25) is 4.79 Å². The number of benzene rings is 1. The van der Waals surface area contributed by atoms with Crippen LogP contribution in [-0.4, -0.2) is 21.9 Å². The van der Waals surface area contributed by atoms with Gasteiger partial charge in [-0.2, -0.15) is 0 Å². The molecule has 0 saturated heterocycles. The van der Waals surface area contributed by atoms with Crippen LogP contribution in [0.5, 0.6) is 0 Å². The van der Waals surface area contributed by atoms with E-state index in [0.717, 1.165) is 18.5 Å². The lowest BCUT2D eigenvalue weighted by Gasteiger charge is -2.28. The van der Waals surface area contributed by atoms with Gasteiger partial charge in [-0.15, -0.1) is 0 Å². The molecule has 0 fully saturated rings. The van der Waals surface area contributed by atoms with Gasteiger partial charge in [0, 0.05) is 38.4 Å². The van der Waals surface area contributed by atoms with E-state index in [0.29, 0.717) is 13.0 Å². The number of hydrogen-bond acceptors (Lipinski definition) is 1. The highest BCUT2D eigenvalue weighted by Gasteiger charge is 2.22. The van der Waals surface area contributed by atoms with E-state index in [4.69, 9.17) is 0 Å². The molecular formula is C16H17FN2O. The fraction of sp³-hybridized carbons (Fsp3) is 0.312. The topological polar surface area (TPSA) is 25.2 Å². The summed E-state index contributed by atoms with van der Waals surface area (Å²) in [5.41, 5.74) is 3.40. The zero-order valence-electron chi connectivity index (χ0n) is 11.5. The molecular weight excluding hydrogens is 255 g/mol. The molecule has 1 aliphatic rings. The highest BCUT2D eigenvalue weighted by molar-refractivity contribution is 5.79. The Morgan fingerprint density at radius 3 is 2.75 bits per heavy atom. The number of carbonyl (C=O) groups is 1. The summed E-state index contributed by atoms with van der Waals surface area (Å²) in [5, 5.41) is 0. The molecule has 3 nitrogen and oxygen atoms in total. The minimum Gasteiger partial charge on any atom is -0.354 e. The van der Waals surface area contributed by atoms with Crippen LogP contribution in [0.4, 0.5) is 4.39 Å². The van der Waals surface area contributed by atoms with Gasteiger partial charge >= 0.3 is 0 Å². The maximum atomic E-state index is 12.8. The van der Waals surface area contributed by atoms with Crippen LogP contribution >= 0.6 is 0 Å². The van der Waals surface area contributed by atoms with Crippen molar-refractivity contribution < 1.29 is 9.18 Å². The van der Waals surface area contributed by atoms with Gasteiger partial charge in [-0.25, -0.2) is 4.39 Å². The minimum absolute atomic E-state index is 0.103. The van der Waals surface area contributed by atoms with E-state index < -0.39 is 0 Å². The van der Waals surface area contributed by atoms with Crippen molar-refractivity contribution in [2.45, 2.75) is 19.4 Å². The second-order valence-corrected chi connectivity index (χ2v) is 5.27. The molecule has 3 rings (SSSR count). The average Bonchev–Trinajstić information content (AvgIpc) is 2.82. The number of fused-ring (bicyclic) bond motifs is 1. The van der Waals surface area contributed by atoms with E-state index >= 15 is 0 Å². The van der Waals surface area contributed by atoms with Crippen molar-refractivity contribution in [1.82, 2.24) is 9.47 Å². The lowest BCUT2D eigenvalue weighted by Crippen LogP contribution is -2.37. The number of hydrogen-bond donors (Lipinski definition) is 0. The van der Waals surface area contributed by atoms with Crippen LogP contribution in [-0.2, 0) is 31.2 Å². The summed E-state index contributed by atoms with van der Waals surface area (Å²) in [6.45, 7) is 1.43. The fourth-order valence-corrected chi connectivity index (χ4v) is 2.72. The Labute approximate surface area is 117 Å². The summed E-state index contributed by atoms with van der Waals surface area (Å²) in [5.74, 6) is -0.167. The normalized spacial score (nSPS) is 14.2. The Morgan fingerprint density at radius 2 is 2.00 bits per heavy atom. The molecule has 2 aromatic rings. The molecule has 1 aromatic carbocycles. The standard InChI is InChI=1S/C16H17FN2O/c1-18-8-6-13-11-19(9-7-15(13)18)16(20)10-12-2-4-14(17)5-3-12/h2-6,8H,7,9-11H2,1H3. The predicted octanol–water partition coefficient (Wildman–Crippen LogP) is 2.29. The molecule has 0 bridgehead atoms. The lowest BCUT2D eigenvalue weighted by atomic mass is 10.1. The summed E-state index contributed by atoms with van der Waals surface area (Å²) in [6, 6.07) is 8.21. The number of carbonyl (C=O) groups excluding carboxylic acids is 1. The minimum atomic E-state index is -0.270. The Kier molecular flexibility index (Phi) is 3.30. The van der Waals surface area contributed by atoms with Gasteiger partial charge in [0.2, 0.25) is 5.91 Å². The number of aryl methyl sites for hydroxylation is 1. The smallest absolute Gasteiger partial charge is 0.227 e. The van der Waals surface area contributed by atoms with Crippen molar-refractivity contribution in [3.63, 3.8) is 0 Å². The first-order chi connectivity index (χ1) is 9.63. The maximum absolute atomic E-state index is 12.8. The molecule has 4 heteroatoms. The summed E-state index contributed by atoms with van der Waals surface area (Å²) < 4.78 is 15.0. The van der Waals surface area contributed by atoms with Crippen molar-refractivity contribution in [1.29, 1.82) is 0 Å². The monoisotopic (exact) mass is 272 g/mol. The van der Waals surface area contributed by atoms with Gasteiger partial charge in [0.25, 0.3) is 0 Å². The van der Waals surface area contributed by atoms with E-state index in [1.165, 1.54) is 23.4 Å². The maximum Gasteiger partial charge on any atom is 0.227 e. The average molecular weight is 272 g/mol. The Morgan fingerprint density at radius 1 is 1.25 bits per heavy atom. The molecule has 0 radical (unpaired) electrons. The first-order valence-electron chi connectivity index (χ1n) is 6.79. The van der Waals surface area contributed by atoms with Crippen LogP contribution in [0.25, 0.3) is 0 Å². The van der Waals surface area contributed by atoms with Gasteiger partial charge in [0.1, 0.15) is 5.82 Å². The molecule has 1 aliphatic heterocycles.